The Morgan fingerprint density at radius 2 is 1.87 bits per heavy atom. The Balaban J connectivity index is 1.69. The number of morpholine rings is 1. The van der Waals surface area contributed by atoms with Gasteiger partial charge < -0.3 is 15.0 Å². The fourth-order valence-corrected chi connectivity index (χ4v) is 5.88. The molecule has 1 atom stereocenters. The van der Waals surface area contributed by atoms with Crippen LogP contribution in [0.1, 0.15) is 63.9 Å². The molecule has 1 aromatic carbocycles. The number of nitrogens with zero attached hydrogens (tertiary/aromatic N) is 1. The molecule has 1 saturated heterocycles. The summed E-state index contributed by atoms with van der Waals surface area (Å²) in [4.78, 5) is 29.7. The summed E-state index contributed by atoms with van der Waals surface area (Å²) in [6.45, 7) is 11.1. The summed E-state index contributed by atoms with van der Waals surface area (Å²) in [5.74, 6) is 0.445. The lowest BCUT2D eigenvalue weighted by molar-refractivity contribution is 0.0303. The molecule has 0 radical (unpaired) electrons. The lowest BCUT2D eigenvalue weighted by Crippen LogP contribution is -2.41. The highest BCUT2D eigenvalue weighted by Crippen LogP contribution is 2.44. The molecule has 2 amide bonds. The topological polar surface area (TPSA) is 58.6 Å². The maximum Gasteiger partial charge on any atom is 0.257 e. The molecule has 0 saturated carbocycles. The van der Waals surface area contributed by atoms with Gasteiger partial charge in [0.1, 0.15) is 5.00 Å². The van der Waals surface area contributed by atoms with Crippen LogP contribution in [0.5, 0.6) is 0 Å². The maximum atomic E-state index is 13.5. The normalized spacial score (nSPS) is 19.1. The molecule has 1 aromatic heterocycles. The van der Waals surface area contributed by atoms with Crippen molar-refractivity contribution >= 4 is 28.2 Å². The van der Waals surface area contributed by atoms with Gasteiger partial charge in [0.25, 0.3) is 11.8 Å². The summed E-state index contributed by atoms with van der Waals surface area (Å²) in [7, 11) is 0. The molecule has 0 spiro atoms. The average molecular weight is 441 g/mol. The van der Waals surface area contributed by atoms with Gasteiger partial charge in [-0.3, -0.25) is 9.59 Å². The first-order valence-electron chi connectivity index (χ1n) is 11.1. The predicted molar refractivity (Wildman–Crippen MR) is 125 cm³/mol. The molecule has 2 heterocycles. The van der Waals surface area contributed by atoms with Crippen molar-refractivity contribution in [3.63, 3.8) is 0 Å². The summed E-state index contributed by atoms with van der Waals surface area (Å²) < 4.78 is 5.44. The van der Waals surface area contributed by atoms with Crippen LogP contribution in [0.15, 0.2) is 24.3 Å². The quantitative estimate of drug-likeness (QED) is 0.736. The van der Waals surface area contributed by atoms with Gasteiger partial charge in [0.2, 0.25) is 0 Å². The van der Waals surface area contributed by atoms with E-state index in [4.69, 9.17) is 4.74 Å². The van der Waals surface area contributed by atoms with E-state index in [0.717, 1.165) is 30.4 Å². The van der Waals surface area contributed by atoms with Crippen LogP contribution in [-0.4, -0.2) is 43.0 Å². The number of benzene rings is 1. The molecule has 6 heteroatoms. The van der Waals surface area contributed by atoms with Crippen molar-refractivity contribution < 1.29 is 14.3 Å². The summed E-state index contributed by atoms with van der Waals surface area (Å²) in [5.41, 5.74) is 3.64. The van der Waals surface area contributed by atoms with E-state index < -0.39 is 0 Å². The number of aryl methyl sites for hydroxylation is 1. The second-order valence-electron chi connectivity index (χ2n) is 9.69. The third-order valence-electron chi connectivity index (χ3n) is 6.62. The number of rotatable bonds is 3. The number of anilines is 1. The summed E-state index contributed by atoms with van der Waals surface area (Å²) in [5, 5.41) is 3.80. The molecule has 166 valence electrons. The monoisotopic (exact) mass is 440 g/mol. The number of carbonyl (C=O) groups excluding carboxylic acids is 2. The zero-order valence-corrected chi connectivity index (χ0v) is 19.7. The number of hydrogen-bond acceptors (Lipinski definition) is 4. The third kappa shape index (κ3) is 4.55. The van der Waals surface area contributed by atoms with Crippen molar-refractivity contribution in [2.24, 2.45) is 11.3 Å². The number of fused-ring (bicyclic) bond motifs is 1. The van der Waals surface area contributed by atoms with Crippen molar-refractivity contribution in [2.45, 2.75) is 47.0 Å². The van der Waals surface area contributed by atoms with Crippen LogP contribution in [0.25, 0.3) is 0 Å². The van der Waals surface area contributed by atoms with Gasteiger partial charge in [0, 0.05) is 23.5 Å². The third-order valence-corrected chi connectivity index (χ3v) is 7.79. The van der Waals surface area contributed by atoms with Gasteiger partial charge in [-0.15, -0.1) is 11.3 Å². The van der Waals surface area contributed by atoms with Crippen molar-refractivity contribution in [3.05, 3.63) is 51.4 Å². The van der Waals surface area contributed by atoms with Gasteiger partial charge in [0.05, 0.1) is 18.8 Å². The van der Waals surface area contributed by atoms with E-state index in [1.807, 2.05) is 36.1 Å². The number of ether oxygens (including phenoxy) is 1. The van der Waals surface area contributed by atoms with Crippen molar-refractivity contribution in [3.8, 4) is 0 Å². The average Bonchev–Trinajstić information content (AvgIpc) is 3.10. The van der Waals surface area contributed by atoms with Crippen LogP contribution in [0.4, 0.5) is 5.00 Å². The van der Waals surface area contributed by atoms with Crippen LogP contribution in [-0.2, 0) is 17.6 Å². The second kappa shape index (κ2) is 8.75. The molecule has 5 nitrogen and oxygen atoms in total. The van der Waals surface area contributed by atoms with E-state index in [0.29, 0.717) is 48.3 Å². The minimum atomic E-state index is -0.153. The van der Waals surface area contributed by atoms with E-state index in [9.17, 15) is 9.59 Å². The predicted octanol–water partition coefficient (Wildman–Crippen LogP) is 4.93. The summed E-state index contributed by atoms with van der Waals surface area (Å²) in [6.07, 6.45) is 2.92. The van der Waals surface area contributed by atoms with Crippen LogP contribution in [0.3, 0.4) is 0 Å². The Morgan fingerprint density at radius 3 is 2.55 bits per heavy atom. The maximum absolute atomic E-state index is 13.5. The molecule has 2 aromatic rings. The minimum absolute atomic E-state index is 0.0232. The Bertz CT molecular complexity index is 983. The number of nitrogens with one attached hydrogen (secondary N) is 1. The number of hydrogen-bond donors (Lipinski definition) is 1. The smallest absolute Gasteiger partial charge is 0.257 e. The largest absolute Gasteiger partial charge is 0.378 e. The zero-order chi connectivity index (χ0) is 22.2. The molecule has 0 bridgehead atoms. The molecular weight excluding hydrogens is 408 g/mol. The Labute approximate surface area is 188 Å². The fourth-order valence-electron chi connectivity index (χ4n) is 4.56. The highest BCUT2D eigenvalue weighted by molar-refractivity contribution is 7.17. The number of thiophene rings is 1. The highest BCUT2D eigenvalue weighted by atomic mass is 32.1. The van der Waals surface area contributed by atoms with Gasteiger partial charge in [-0.05, 0) is 54.7 Å². The lowest BCUT2D eigenvalue weighted by atomic mass is 9.72. The van der Waals surface area contributed by atoms with Crippen LogP contribution < -0.4 is 5.32 Å². The Kier molecular flexibility index (Phi) is 6.22. The van der Waals surface area contributed by atoms with E-state index in [-0.39, 0.29) is 17.2 Å². The van der Waals surface area contributed by atoms with Crippen molar-refractivity contribution in [2.75, 3.05) is 31.6 Å². The van der Waals surface area contributed by atoms with Gasteiger partial charge in [-0.25, -0.2) is 0 Å². The number of carbonyl (C=O) groups is 2. The van der Waals surface area contributed by atoms with E-state index in [1.165, 1.54) is 4.88 Å². The zero-order valence-electron chi connectivity index (χ0n) is 18.9. The molecule has 1 aliphatic carbocycles. The Morgan fingerprint density at radius 1 is 1.16 bits per heavy atom. The van der Waals surface area contributed by atoms with E-state index in [2.05, 4.69) is 26.1 Å². The van der Waals surface area contributed by atoms with Crippen LogP contribution >= 0.6 is 11.3 Å². The summed E-state index contributed by atoms with van der Waals surface area (Å²) >= 11 is 1.59. The molecule has 1 unspecified atom stereocenters. The molecule has 2 aliphatic rings. The Hall–Kier alpha value is -2.18. The molecule has 4 rings (SSSR count). The highest BCUT2D eigenvalue weighted by Gasteiger charge is 2.35. The first-order valence-corrected chi connectivity index (χ1v) is 12.0. The lowest BCUT2D eigenvalue weighted by Gasteiger charge is -2.34. The first kappa shape index (κ1) is 22.0. The van der Waals surface area contributed by atoms with Crippen LogP contribution in [0, 0.1) is 18.3 Å². The SMILES string of the molecule is Cc1ccccc1C(=O)Nc1sc2c(c1C(=O)N1CCOCC1)CCC(C(C)(C)C)C2. The molecule has 31 heavy (non-hydrogen) atoms. The van der Waals surface area contributed by atoms with Crippen molar-refractivity contribution in [1.82, 2.24) is 4.90 Å². The number of amides is 2. The van der Waals surface area contributed by atoms with Gasteiger partial charge in [0.15, 0.2) is 0 Å². The first-order chi connectivity index (χ1) is 14.8. The van der Waals surface area contributed by atoms with Crippen LogP contribution in [0.2, 0.25) is 0 Å². The van der Waals surface area contributed by atoms with Gasteiger partial charge >= 0.3 is 0 Å². The van der Waals surface area contributed by atoms with Gasteiger partial charge in [-0.2, -0.15) is 0 Å². The van der Waals surface area contributed by atoms with E-state index in [1.54, 1.807) is 11.3 Å². The fraction of sp³-hybridized carbons (Fsp3) is 0.520. The summed E-state index contributed by atoms with van der Waals surface area (Å²) in [6, 6.07) is 7.56. The molecule has 1 aliphatic heterocycles. The standard InChI is InChI=1S/C25H32N2O3S/c1-16-7-5-6-8-18(16)22(28)26-23-21(24(29)27-11-13-30-14-12-27)19-10-9-17(25(2,3)4)15-20(19)31-23/h5-8,17H,9-15H2,1-4H3,(H,26,28). The minimum Gasteiger partial charge on any atom is -0.378 e. The van der Waals surface area contributed by atoms with Gasteiger partial charge in [-0.1, -0.05) is 39.0 Å². The van der Waals surface area contributed by atoms with E-state index >= 15 is 0 Å². The molecule has 1 N–H and O–H groups in total. The molecule has 1 fully saturated rings. The van der Waals surface area contributed by atoms with Crippen molar-refractivity contribution in [1.29, 1.82) is 0 Å². The molecular formula is C25H32N2O3S. The second-order valence-corrected chi connectivity index (χ2v) is 10.8.